The van der Waals surface area contributed by atoms with Crippen molar-refractivity contribution in [1.82, 2.24) is 10.3 Å². The van der Waals surface area contributed by atoms with Crippen LogP contribution >= 0.6 is 0 Å². The molecule has 2 rings (SSSR count). The summed E-state index contributed by atoms with van der Waals surface area (Å²) in [5.41, 5.74) is 2.70. The van der Waals surface area contributed by atoms with Crippen LogP contribution in [-0.2, 0) is 0 Å². The molecule has 0 saturated heterocycles. The van der Waals surface area contributed by atoms with Crippen molar-refractivity contribution >= 4 is 0 Å². The van der Waals surface area contributed by atoms with Crippen molar-refractivity contribution in [3.63, 3.8) is 0 Å². The van der Waals surface area contributed by atoms with E-state index < -0.39 is 0 Å². The highest BCUT2D eigenvalue weighted by atomic mass is 14.9. The Hall–Kier alpha value is -1.67. The molecule has 0 bridgehead atoms. The highest BCUT2D eigenvalue weighted by Crippen LogP contribution is 2.24. The molecule has 0 spiro atoms. The molecule has 2 atom stereocenters. The summed E-state index contributed by atoms with van der Waals surface area (Å²) in [7, 11) is 0. The second-order valence-corrected chi connectivity index (χ2v) is 5.67. The lowest BCUT2D eigenvalue weighted by molar-refractivity contribution is 0.436. The molecule has 0 aliphatic carbocycles. The van der Waals surface area contributed by atoms with E-state index >= 15 is 0 Å². The Morgan fingerprint density at radius 1 is 0.900 bits per heavy atom. The summed E-state index contributed by atoms with van der Waals surface area (Å²) >= 11 is 0. The van der Waals surface area contributed by atoms with Gasteiger partial charge in [0.15, 0.2) is 0 Å². The fourth-order valence-corrected chi connectivity index (χ4v) is 2.51. The van der Waals surface area contributed by atoms with E-state index in [1.165, 1.54) is 11.1 Å². The van der Waals surface area contributed by atoms with E-state index in [9.17, 15) is 0 Å². The molecule has 20 heavy (non-hydrogen) atoms. The SMILES string of the molecule is CC(NCC(c1ccccc1)C(C)C)c1ccncc1. The highest BCUT2D eigenvalue weighted by Gasteiger charge is 2.16. The molecule has 0 fully saturated rings. The Morgan fingerprint density at radius 3 is 2.15 bits per heavy atom. The molecular formula is C18H24N2. The molecule has 0 aliphatic rings. The van der Waals surface area contributed by atoms with Crippen molar-refractivity contribution in [1.29, 1.82) is 0 Å². The fraction of sp³-hybridized carbons (Fsp3) is 0.389. The van der Waals surface area contributed by atoms with Crippen LogP contribution in [-0.4, -0.2) is 11.5 Å². The number of aromatic nitrogens is 1. The zero-order valence-corrected chi connectivity index (χ0v) is 12.6. The topological polar surface area (TPSA) is 24.9 Å². The Kier molecular flexibility index (Phi) is 5.31. The van der Waals surface area contributed by atoms with Gasteiger partial charge in [0, 0.05) is 25.0 Å². The summed E-state index contributed by atoms with van der Waals surface area (Å²) < 4.78 is 0. The van der Waals surface area contributed by atoms with Gasteiger partial charge in [0.05, 0.1) is 0 Å². The second-order valence-electron chi connectivity index (χ2n) is 5.67. The van der Waals surface area contributed by atoms with Gasteiger partial charge in [0.25, 0.3) is 0 Å². The van der Waals surface area contributed by atoms with Crippen LogP contribution in [0.2, 0.25) is 0 Å². The molecule has 106 valence electrons. The predicted molar refractivity (Wildman–Crippen MR) is 84.7 cm³/mol. The first-order valence-corrected chi connectivity index (χ1v) is 7.36. The first-order chi connectivity index (χ1) is 9.68. The van der Waals surface area contributed by atoms with Crippen molar-refractivity contribution < 1.29 is 0 Å². The number of hydrogen-bond acceptors (Lipinski definition) is 2. The van der Waals surface area contributed by atoms with Gasteiger partial charge in [-0.2, -0.15) is 0 Å². The van der Waals surface area contributed by atoms with Crippen LogP contribution in [0.15, 0.2) is 54.9 Å². The van der Waals surface area contributed by atoms with Gasteiger partial charge in [-0.15, -0.1) is 0 Å². The molecule has 0 radical (unpaired) electrons. The maximum Gasteiger partial charge on any atom is 0.0293 e. The molecule has 1 N–H and O–H groups in total. The van der Waals surface area contributed by atoms with Crippen molar-refractivity contribution in [2.45, 2.75) is 32.7 Å². The van der Waals surface area contributed by atoms with E-state index in [1.807, 2.05) is 12.4 Å². The minimum absolute atomic E-state index is 0.350. The Balaban J connectivity index is 2.00. The zero-order valence-electron chi connectivity index (χ0n) is 12.6. The van der Waals surface area contributed by atoms with Gasteiger partial charge in [0.1, 0.15) is 0 Å². The van der Waals surface area contributed by atoms with Crippen LogP contribution in [0.5, 0.6) is 0 Å². The first kappa shape index (κ1) is 14.7. The third-order valence-corrected chi connectivity index (χ3v) is 3.88. The summed E-state index contributed by atoms with van der Waals surface area (Å²) in [6.45, 7) is 7.77. The average molecular weight is 268 g/mol. The fourth-order valence-electron chi connectivity index (χ4n) is 2.51. The number of nitrogens with zero attached hydrogens (tertiary/aromatic N) is 1. The lowest BCUT2D eigenvalue weighted by Crippen LogP contribution is -2.27. The van der Waals surface area contributed by atoms with E-state index in [0.29, 0.717) is 17.9 Å². The molecule has 1 heterocycles. The van der Waals surface area contributed by atoms with Gasteiger partial charge >= 0.3 is 0 Å². The number of nitrogens with one attached hydrogen (secondary N) is 1. The van der Waals surface area contributed by atoms with E-state index in [0.717, 1.165) is 6.54 Å². The van der Waals surface area contributed by atoms with Crippen molar-refractivity contribution in [2.24, 2.45) is 5.92 Å². The summed E-state index contributed by atoms with van der Waals surface area (Å²) in [5, 5.41) is 3.65. The monoisotopic (exact) mass is 268 g/mol. The van der Waals surface area contributed by atoms with Gasteiger partial charge in [-0.25, -0.2) is 0 Å². The standard InChI is InChI=1S/C18H24N2/c1-14(2)18(17-7-5-4-6-8-17)13-20-15(3)16-9-11-19-12-10-16/h4-12,14-15,18,20H,13H2,1-3H3. The van der Waals surface area contributed by atoms with Gasteiger partial charge in [-0.1, -0.05) is 44.2 Å². The van der Waals surface area contributed by atoms with Crippen LogP contribution in [0.25, 0.3) is 0 Å². The maximum atomic E-state index is 4.07. The molecular weight excluding hydrogens is 244 g/mol. The van der Waals surface area contributed by atoms with Crippen LogP contribution in [0.1, 0.15) is 43.9 Å². The minimum atomic E-state index is 0.350. The van der Waals surface area contributed by atoms with Crippen LogP contribution < -0.4 is 5.32 Å². The lowest BCUT2D eigenvalue weighted by atomic mass is 9.88. The van der Waals surface area contributed by atoms with Crippen molar-refractivity contribution in [3.05, 3.63) is 66.0 Å². The maximum absolute atomic E-state index is 4.07. The van der Waals surface area contributed by atoms with Crippen LogP contribution in [0.3, 0.4) is 0 Å². The van der Waals surface area contributed by atoms with Gasteiger partial charge < -0.3 is 5.32 Å². The molecule has 1 aromatic heterocycles. The van der Waals surface area contributed by atoms with E-state index in [-0.39, 0.29) is 0 Å². The lowest BCUT2D eigenvalue weighted by Gasteiger charge is -2.24. The number of rotatable bonds is 6. The second kappa shape index (κ2) is 7.20. The molecule has 0 saturated carbocycles. The van der Waals surface area contributed by atoms with Gasteiger partial charge in [0.2, 0.25) is 0 Å². The van der Waals surface area contributed by atoms with Crippen molar-refractivity contribution in [3.8, 4) is 0 Å². The predicted octanol–water partition coefficient (Wildman–Crippen LogP) is 4.17. The Labute approximate surface area is 122 Å². The van der Waals surface area contributed by atoms with E-state index in [2.05, 4.69) is 73.5 Å². The van der Waals surface area contributed by atoms with Crippen molar-refractivity contribution in [2.75, 3.05) is 6.54 Å². The zero-order chi connectivity index (χ0) is 14.4. The molecule has 0 aliphatic heterocycles. The summed E-state index contributed by atoms with van der Waals surface area (Å²) in [6.07, 6.45) is 3.70. The highest BCUT2D eigenvalue weighted by molar-refractivity contribution is 5.21. The molecule has 2 unspecified atom stereocenters. The molecule has 2 aromatic rings. The number of hydrogen-bond donors (Lipinski definition) is 1. The van der Waals surface area contributed by atoms with Gasteiger partial charge in [-0.3, -0.25) is 4.98 Å². The first-order valence-electron chi connectivity index (χ1n) is 7.36. The molecule has 2 heteroatoms. The smallest absolute Gasteiger partial charge is 0.0293 e. The Bertz CT molecular complexity index is 493. The third kappa shape index (κ3) is 3.91. The summed E-state index contributed by atoms with van der Waals surface area (Å²) in [5.74, 6) is 1.16. The number of benzene rings is 1. The number of pyridine rings is 1. The van der Waals surface area contributed by atoms with E-state index in [4.69, 9.17) is 0 Å². The molecule has 1 aromatic carbocycles. The van der Waals surface area contributed by atoms with Crippen LogP contribution in [0, 0.1) is 5.92 Å². The molecule has 0 amide bonds. The van der Waals surface area contributed by atoms with Gasteiger partial charge in [-0.05, 0) is 42.0 Å². The average Bonchev–Trinajstić information content (AvgIpc) is 2.49. The van der Waals surface area contributed by atoms with E-state index in [1.54, 1.807) is 0 Å². The minimum Gasteiger partial charge on any atom is -0.310 e. The quantitative estimate of drug-likeness (QED) is 0.850. The Morgan fingerprint density at radius 2 is 1.55 bits per heavy atom. The summed E-state index contributed by atoms with van der Waals surface area (Å²) in [6, 6.07) is 15.3. The van der Waals surface area contributed by atoms with Crippen LogP contribution in [0.4, 0.5) is 0 Å². The third-order valence-electron chi connectivity index (χ3n) is 3.88. The summed E-state index contributed by atoms with van der Waals surface area (Å²) in [4.78, 5) is 4.07. The molecule has 2 nitrogen and oxygen atoms in total. The largest absolute Gasteiger partial charge is 0.310 e. The normalized spacial score (nSPS) is 14.2.